The van der Waals surface area contributed by atoms with E-state index < -0.39 is 20.8 Å². The van der Waals surface area contributed by atoms with Crippen LogP contribution in [0.3, 0.4) is 0 Å². The second-order valence-corrected chi connectivity index (χ2v) is 8.80. The van der Waals surface area contributed by atoms with Gasteiger partial charge in [-0.15, -0.1) is 0 Å². The molecule has 1 N–H and O–H groups in total. The standard InChI is InChI=1S/C23H32O5S.Na/c1-2-3-4-5-6-7-8-9-10-11-19-12-14-20(15-13-19)28-21-16-17-23(22(24)18-21)29(25,26)27;/h12-18,24H,2-11H2,1H3,(H,25,26,27);/q;+1/p-1. The molecular formula is C23H31NaO5S. The average molecular weight is 443 g/mol. The van der Waals surface area contributed by atoms with Crippen LogP contribution in [0.25, 0.3) is 0 Å². The Kier molecular flexibility index (Phi) is 12.7. The van der Waals surface area contributed by atoms with Crippen molar-refractivity contribution < 1.29 is 52.4 Å². The molecule has 0 radical (unpaired) electrons. The van der Waals surface area contributed by atoms with Crippen LogP contribution < -0.4 is 39.4 Å². The van der Waals surface area contributed by atoms with Gasteiger partial charge in [0.1, 0.15) is 11.5 Å². The van der Waals surface area contributed by atoms with Crippen molar-refractivity contribution in [1.82, 2.24) is 0 Å². The van der Waals surface area contributed by atoms with E-state index in [4.69, 9.17) is 9.29 Å². The van der Waals surface area contributed by atoms with Crippen molar-refractivity contribution in [2.75, 3.05) is 0 Å². The van der Waals surface area contributed by atoms with Crippen LogP contribution in [-0.4, -0.2) is 13.0 Å². The molecule has 0 aliphatic heterocycles. The Labute approximate surface area is 202 Å². The average Bonchev–Trinajstić information content (AvgIpc) is 2.67. The molecule has 0 saturated carbocycles. The van der Waals surface area contributed by atoms with Gasteiger partial charge in [-0.3, -0.25) is 4.55 Å². The van der Waals surface area contributed by atoms with Crippen LogP contribution in [0.2, 0.25) is 0 Å². The Bertz CT molecular complexity index is 850. The molecule has 0 aliphatic carbocycles. The zero-order valence-electron chi connectivity index (χ0n) is 18.1. The topological polar surface area (TPSA) is 86.7 Å². The molecule has 0 atom stereocenters. The van der Waals surface area contributed by atoms with Crippen molar-refractivity contribution in [3.05, 3.63) is 48.0 Å². The van der Waals surface area contributed by atoms with E-state index in [1.807, 2.05) is 24.3 Å². The summed E-state index contributed by atoms with van der Waals surface area (Å²) in [4.78, 5) is -0.652. The second-order valence-electron chi connectivity index (χ2n) is 7.41. The Morgan fingerprint density at radius 1 is 0.833 bits per heavy atom. The minimum absolute atomic E-state index is 0. The van der Waals surface area contributed by atoms with Gasteiger partial charge in [0, 0.05) is 0 Å². The maximum absolute atomic E-state index is 11.8. The third-order valence-corrected chi connectivity index (χ3v) is 5.81. The quantitative estimate of drug-likeness (QED) is 0.293. The number of hydrogen-bond acceptors (Lipinski definition) is 4. The van der Waals surface area contributed by atoms with Crippen LogP contribution in [0, 0.1) is 0 Å². The first-order valence-corrected chi connectivity index (χ1v) is 11.9. The molecule has 0 fully saturated rings. The third-order valence-electron chi connectivity index (χ3n) is 4.92. The van der Waals surface area contributed by atoms with Gasteiger partial charge in [0.05, 0.1) is 4.90 Å². The maximum atomic E-state index is 11.8. The molecule has 0 amide bonds. The van der Waals surface area contributed by atoms with Crippen molar-refractivity contribution >= 4 is 10.1 Å². The van der Waals surface area contributed by atoms with E-state index in [1.165, 1.54) is 69.4 Å². The van der Waals surface area contributed by atoms with E-state index >= 15 is 0 Å². The van der Waals surface area contributed by atoms with Crippen molar-refractivity contribution in [2.45, 2.75) is 76.0 Å². The minimum atomic E-state index is -4.52. The Balaban J connectivity index is 0.00000450. The van der Waals surface area contributed by atoms with Gasteiger partial charge in [-0.2, -0.15) is 8.42 Å². The molecule has 160 valence electrons. The van der Waals surface area contributed by atoms with Gasteiger partial charge < -0.3 is 9.84 Å². The van der Waals surface area contributed by atoms with E-state index in [0.29, 0.717) is 5.75 Å². The first kappa shape index (κ1) is 27.0. The van der Waals surface area contributed by atoms with E-state index in [1.54, 1.807) is 0 Å². The summed E-state index contributed by atoms with van der Waals surface area (Å²) in [5, 5.41) is 11.8. The van der Waals surface area contributed by atoms with E-state index in [-0.39, 0.29) is 35.3 Å². The van der Waals surface area contributed by atoms with Crippen molar-refractivity contribution in [1.29, 1.82) is 0 Å². The van der Waals surface area contributed by atoms with Gasteiger partial charge in [0.15, 0.2) is 0 Å². The number of rotatable bonds is 13. The van der Waals surface area contributed by atoms with Gasteiger partial charge in [0.25, 0.3) is 10.1 Å². The van der Waals surface area contributed by atoms with Crippen LogP contribution in [0.5, 0.6) is 17.2 Å². The fourth-order valence-corrected chi connectivity index (χ4v) is 3.82. The molecule has 2 aromatic carbocycles. The van der Waals surface area contributed by atoms with Crippen molar-refractivity contribution in [3.63, 3.8) is 0 Å². The van der Waals surface area contributed by atoms with Gasteiger partial charge in [-0.1, -0.05) is 76.2 Å². The molecule has 5 nitrogen and oxygen atoms in total. The van der Waals surface area contributed by atoms with Crippen LogP contribution in [0.4, 0.5) is 0 Å². The SMILES string of the molecule is CCCCCCCCCCCc1ccc(Oc2ccc(S(=O)(=O)O)c([O-])c2)cc1.[Na+]. The molecule has 0 unspecified atom stereocenters. The molecular weight excluding hydrogens is 411 g/mol. The van der Waals surface area contributed by atoms with E-state index in [0.717, 1.165) is 18.6 Å². The summed E-state index contributed by atoms with van der Waals surface area (Å²) in [6.07, 6.45) is 12.8. The molecule has 0 aliphatic rings. The molecule has 0 heterocycles. The largest absolute Gasteiger partial charge is 1.00 e. The van der Waals surface area contributed by atoms with Crippen molar-refractivity contribution in [2.24, 2.45) is 0 Å². The summed E-state index contributed by atoms with van der Waals surface area (Å²) in [7, 11) is -4.52. The second kappa shape index (κ2) is 14.1. The zero-order chi connectivity index (χ0) is 21.1. The fourth-order valence-electron chi connectivity index (χ4n) is 3.27. The number of aryl methyl sites for hydroxylation is 1. The fraction of sp³-hybridized carbons (Fsp3) is 0.478. The number of unbranched alkanes of at least 4 members (excludes halogenated alkanes) is 8. The zero-order valence-corrected chi connectivity index (χ0v) is 20.9. The third kappa shape index (κ3) is 9.84. The van der Waals surface area contributed by atoms with E-state index in [2.05, 4.69) is 6.92 Å². The molecule has 0 saturated heterocycles. The smallest absolute Gasteiger partial charge is 0.871 e. The molecule has 0 bridgehead atoms. The predicted molar refractivity (Wildman–Crippen MR) is 113 cm³/mol. The molecule has 2 aromatic rings. The molecule has 30 heavy (non-hydrogen) atoms. The van der Waals surface area contributed by atoms with Crippen LogP contribution in [0.1, 0.15) is 70.3 Å². The molecule has 2 rings (SSSR count). The van der Waals surface area contributed by atoms with Crippen molar-refractivity contribution in [3.8, 4) is 17.2 Å². The molecule has 7 heteroatoms. The van der Waals surface area contributed by atoms with Gasteiger partial charge in [-0.05, 0) is 48.7 Å². The number of hydrogen-bond donors (Lipinski definition) is 1. The predicted octanol–water partition coefficient (Wildman–Crippen LogP) is 2.88. The summed E-state index contributed by atoms with van der Waals surface area (Å²) in [6.45, 7) is 2.24. The Morgan fingerprint density at radius 3 is 1.90 bits per heavy atom. The monoisotopic (exact) mass is 442 g/mol. The molecule has 0 spiro atoms. The summed E-state index contributed by atoms with van der Waals surface area (Å²) in [6, 6.07) is 11.1. The van der Waals surface area contributed by atoms with Gasteiger partial charge in [-0.25, -0.2) is 0 Å². The van der Waals surface area contributed by atoms with Crippen LogP contribution in [0.15, 0.2) is 47.4 Å². The number of benzene rings is 2. The summed E-state index contributed by atoms with van der Waals surface area (Å²) < 4.78 is 36.7. The normalized spacial score (nSPS) is 11.1. The summed E-state index contributed by atoms with van der Waals surface area (Å²) in [5.74, 6) is 0.000838. The Morgan fingerprint density at radius 2 is 1.37 bits per heavy atom. The van der Waals surface area contributed by atoms with E-state index in [9.17, 15) is 13.5 Å². The maximum Gasteiger partial charge on any atom is 1.00 e. The Hall–Kier alpha value is -1.05. The minimum Gasteiger partial charge on any atom is -0.871 e. The molecule has 0 aromatic heterocycles. The van der Waals surface area contributed by atoms with Gasteiger partial charge >= 0.3 is 29.6 Å². The van der Waals surface area contributed by atoms with Gasteiger partial charge in [0.2, 0.25) is 0 Å². The van der Waals surface area contributed by atoms with Crippen LogP contribution >= 0.6 is 0 Å². The first-order valence-electron chi connectivity index (χ1n) is 10.5. The first-order chi connectivity index (χ1) is 13.9. The van der Waals surface area contributed by atoms with Crippen LogP contribution in [-0.2, 0) is 16.5 Å². The summed E-state index contributed by atoms with van der Waals surface area (Å²) >= 11 is 0. The number of ether oxygens (including phenoxy) is 1. The summed E-state index contributed by atoms with van der Waals surface area (Å²) in [5.41, 5.74) is 1.24.